The SMILES string of the molecule is CCC(CNC(=O)CC(C)NC(=O)c1ccccc1)N1CCc2ccccc2C1. The van der Waals surface area contributed by atoms with Gasteiger partial charge < -0.3 is 10.6 Å². The van der Waals surface area contributed by atoms with Crippen LogP contribution in [0.25, 0.3) is 0 Å². The Morgan fingerprint density at radius 1 is 1.03 bits per heavy atom. The molecule has 2 N–H and O–H groups in total. The molecule has 29 heavy (non-hydrogen) atoms. The molecule has 0 saturated heterocycles. The van der Waals surface area contributed by atoms with Crippen LogP contribution >= 0.6 is 0 Å². The molecular formula is C24H31N3O2. The van der Waals surface area contributed by atoms with E-state index in [1.807, 2.05) is 25.1 Å². The number of hydrogen-bond donors (Lipinski definition) is 2. The highest BCUT2D eigenvalue weighted by atomic mass is 16.2. The van der Waals surface area contributed by atoms with Crippen molar-refractivity contribution in [1.29, 1.82) is 0 Å². The molecule has 0 aromatic heterocycles. The van der Waals surface area contributed by atoms with Gasteiger partial charge in [0.1, 0.15) is 0 Å². The summed E-state index contributed by atoms with van der Waals surface area (Å²) in [5, 5.41) is 5.96. The standard InChI is InChI=1S/C24H31N3O2/c1-3-22(27-14-13-19-9-7-8-12-21(19)17-27)16-25-23(28)15-18(2)26-24(29)20-10-5-4-6-11-20/h4-12,18,22H,3,13-17H2,1-2H3,(H,25,28)(H,26,29). The van der Waals surface area contributed by atoms with Gasteiger partial charge in [-0.1, -0.05) is 49.4 Å². The quantitative estimate of drug-likeness (QED) is 0.724. The zero-order valence-electron chi connectivity index (χ0n) is 17.4. The minimum atomic E-state index is -0.218. The number of rotatable bonds is 8. The number of carbonyl (C=O) groups excluding carboxylic acids is 2. The smallest absolute Gasteiger partial charge is 0.251 e. The third-order valence-corrected chi connectivity index (χ3v) is 5.59. The Hall–Kier alpha value is -2.66. The van der Waals surface area contributed by atoms with Crippen molar-refractivity contribution < 1.29 is 9.59 Å². The lowest BCUT2D eigenvalue weighted by Gasteiger charge is -2.35. The Labute approximate surface area is 173 Å². The van der Waals surface area contributed by atoms with Gasteiger partial charge in [0.25, 0.3) is 5.91 Å². The summed E-state index contributed by atoms with van der Waals surface area (Å²) in [4.78, 5) is 27.1. The average Bonchev–Trinajstić information content (AvgIpc) is 2.74. The maximum absolute atomic E-state index is 12.4. The fourth-order valence-electron chi connectivity index (χ4n) is 3.89. The third kappa shape index (κ3) is 5.91. The molecule has 0 saturated carbocycles. The van der Waals surface area contributed by atoms with Crippen LogP contribution in [0.1, 0.15) is 48.2 Å². The summed E-state index contributed by atoms with van der Waals surface area (Å²) in [6.07, 6.45) is 2.32. The molecule has 2 amide bonds. The average molecular weight is 394 g/mol. The second-order valence-corrected chi connectivity index (χ2v) is 7.80. The van der Waals surface area contributed by atoms with Crippen molar-refractivity contribution in [3.63, 3.8) is 0 Å². The highest BCUT2D eigenvalue weighted by Crippen LogP contribution is 2.21. The number of hydrogen-bond acceptors (Lipinski definition) is 3. The molecule has 2 aromatic carbocycles. The van der Waals surface area contributed by atoms with E-state index in [0.29, 0.717) is 18.2 Å². The molecule has 2 aromatic rings. The van der Waals surface area contributed by atoms with Gasteiger partial charge in [0, 0.05) is 43.7 Å². The van der Waals surface area contributed by atoms with Crippen LogP contribution in [0.2, 0.25) is 0 Å². The number of benzene rings is 2. The van der Waals surface area contributed by atoms with Crippen molar-refractivity contribution in [3.05, 3.63) is 71.3 Å². The van der Waals surface area contributed by atoms with E-state index >= 15 is 0 Å². The summed E-state index contributed by atoms with van der Waals surface area (Å²) in [6.45, 7) is 6.62. The van der Waals surface area contributed by atoms with E-state index in [1.54, 1.807) is 12.1 Å². The van der Waals surface area contributed by atoms with Crippen molar-refractivity contribution in [3.8, 4) is 0 Å². The number of nitrogens with one attached hydrogen (secondary N) is 2. The molecule has 2 atom stereocenters. The molecule has 0 spiro atoms. The Morgan fingerprint density at radius 3 is 2.45 bits per heavy atom. The maximum atomic E-state index is 12.4. The van der Waals surface area contributed by atoms with Gasteiger partial charge in [0.05, 0.1) is 0 Å². The van der Waals surface area contributed by atoms with Crippen molar-refractivity contribution >= 4 is 11.8 Å². The van der Waals surface area contributed by atoms with Gasteiger partial charge in [0.2, 0.25) is 5.91 Å². The van der Waals surface area contributed by atoms with Crippen LogP contribution in [-0.4, -0.2) is 41.9 Å². The van der Waals surface area contributed by atoms with Crippen LogP contribution in [0.3, 0.4) is 0 Å². The van der Waals surface area contributed by atoms with Gasteiger partial charge in [0.15, 0.2) is 0 Å². The molecule has 1 heterocycles. The first-order chi connectivity index (χ1) is 14.1. The number of fused-ring (bicyclic) bond motifs is 1. The summed E-state index contributed by atoms with van der Waals surface area (Å²) >= 11 is 0. The van der Waals surface area contributed by atoms with Crippen LogP contribution in [0.15, 0.2) is 54.6 Å². The summed E-state index contributed by atoms with van der Waals surface area (Å²) in [7, 11) is 0. The highest BCUT2D eigenvalue weighted by molar-refractivity contribution is 5.94. The number of nitrogens with zero attached hydrogens (tertiary/aromatic N) is 1. The second kappa shape index (κ2) is 10.2. The lowest BCUT2D eigenvalue weighted by Crippen LogP contribution is -2.46. The highest BCUT2D eigenvalue weighted by Gasteiger charge is 2.23. The van der Waals surface area contributed by atoms with Gasteiger partial charge in [-0.2, -0.15) is 0 Å². The lowest BCUT2D eigenvalue weighted by atomic mass is 9.98. The molecule has 5 nitrogen and oxygen atoms in total. The van der Waals surface area contributed by atoms with Crippen LogP contribution in [0.5, 0.6) is 0 Å². The number of carbonyl (C=O) groups is 2. The van der Waals surface area contributed by atoms with E-state index in [2.05, 4.69) is 46.7 Å². The molecule has 154 valence electrons. The largest absolute Gasteiger partial charge is 0.354 e. The Balaban J connectivity index is 1.45. The van der Waals surface area contributed by atoms with E-state index in [0.717, 1.165) is 25.9 Å². The van der Waals surface area contributed by atoms with Crippen molar-refractivity contribution in [1.82, 2.24) is 15.5 Å². The van der Waals surface area contributed by atoms with Gasteiger partial charge in [-0.25, -0.2) is 0 Å². The Bertz CT molecular complexity index is 822. The second-order valence-electron chi connectivity index (χ2n) is 7.80. The summed E-state index contributed by atoms with van der Waals surface area (Å²) in [5.74, 6) is -0.175. The van der Waals surface area contributed by atoms with Crippen LogP contribution in [-0.2, 0) is 17.8 Å². The lowest BCUT2D eigenvalue weighted by molar-refractivity contribution is -0.121. The minimum Gasteiger partial charge on any atom is -0.354 e. The molecular weight excluding hydrogens is 362 g/mol. The van der Waals surface area contributed by atoms with Gasteiger partial charge in [-0.15, -0.1) is 0 Å². The molecule has 2 unspecified atom stereocenters. The predicted molar refractivity (Wildman–Crippen MR) is 116 cm³/mol. The minimum absolute atomic E-state index is 0.0262. The van der Waals surface area contributed by atoms with E-state index in [1.165, 1.54) is 11.1 Å². The fraction of sp³-hybridized carbons (Fsp3) is 0.417. The summed E-state index contributed by atoms with van der Waals surface area (Å²) < 4.78 is 0. The van der Waals surface area contributed by atoms with Crippen LogP contribution in [0, 0.1) is 0 Å². The van der Waals surface area contributed by atoms with E-state index < -0.39 is 0 Å². The van der Waals surface area contributed by atoms with E-state index in [9.17, 15) is 9.59 Å². The fourth-order valence-corrected chi connectivity index (χ4v) is 3.89. The van der Waals surface area contributed by atoms with Crippen LogP contribution < -0.4 is 10.6 Å². The monoisotopic (exact) mass is 393 g/mol. The Kier molecular flexibility index (Phi) is 7.42. The number of amides is 2. The van der Waals surface area contributed by atoms with Gasteiger partial charge in [-0.3, -0.25) is 14.5 Å². The molecule has 0 fully saturated rings. The van der Waals surface area contributed by atoms with Crippen molar-refractivity contribution in [2.75, 3.05) is 13.1 Å². The molecule has 0 radical (unpaired) electrons. The van der Waals surface area contributed by atoms with E-state index in [4.69, 9.17) is 0 Å². The normalized spacial score (nSPS) is 15.8. The molecule has 5 heteroatoms. The molecule has 3 rings (SSSR count). The maximum Gasteiger partial charge on any atom is 0.251 e. The first-order valence-electron chi connectivity index (χ1n) is 10.5. The molecule has 0 aliphatic carbocycles. The van der Waals surface area contributed by atoms with Crippen molar-refractivity contribution in [2.45, 2.75) is 51.7 Å². The van der Waals surface area contributed by atoms with Crippen LogP contribution in [0.4, 0.5) is 0 Å². The van der Waals surface area contributed by atoms with Crippen molar-refractivity contribution in [2.24, 2.45) is 0 Å². The Morgan fingerprint density at radius 2 is 1.72 bits per heavy atom. The third-order valence-electron chi connectivity index (χ3n) is 5.59. The van der Waals surface area contributed by atoms with E-state index in [-0.39, 0.29) is 24.3 Å². The summed E-state index contributed by atoms with van der Waals surface area (Å²) in [5.41, 5.74) is 3.43. The zero-order valence-corrected chi connectivity index (χ0v) is 17.4. The van der Waals surface area contributed by atoms with Gasteiger partial charge in [-0.05, 0) is 43.0 Å². The summed E-state index contributed by atoms with van der Waals surface area (Å²) in [6, 6.07) is 17.8. The first-order valence-corrected chi connectivity index (χ1v) is 10.5. The van der Waals surface area contributed by atoms with Gasteiger partial charge >= 0.3 is 0 Å². The molecule has 0 bridgehead atoms. The molecule has 1 aliphatic heterocycles. The topological polar surface area (TPSA) is 61.4 Å². The molecule has 1 aliphatic rings. The first kappa shape index (κ1) is 21.1. The predicted octanol–water partition coefficient (Wildman–Crippen LogP) is 3.15. The zero-order chi connectivity index (χ0) is 20.6.